The molecule has 1 aliphatic carbocycles. The third-order valence-corrected chi connectivity index (χ3v) is 6.39. The van der Waals surface area contributed by atoms with Gasteiger partial charge in [0.05, 0.1) is 25.2 Å². The minimum Gasteiger partial charge on any atom is -1.00 e. The van der Waals surface area contributed by atoms with Gasteiger partial charge in [-0.1, -0.05) is 36.9 Å². The average molecular weight is 414 g/mol. The normalized spacial score (nSPS) is 12.0. The van der Waals surface area contributed by atoms with Gasteiger partial charge in [0.2, 0.25) is 0 Å². The second kappa shape index (κ2) is 9.60. The quantitative estimate of drug-likeness (QED) is 0.305. The van der Waals surface area contributed by atoms with Gasteiger partial charge in [-0.2, -0.15) is 0 Å². The third-order valence-electron chi connectivity index (χ3n) is 6.39. The van der Waals surface area contributed by atoms with E-state index in [-0.39, 0.29) is 18.2 Å². The van der Waals surface area contributed by atoms with Crippen molar-refractivity contribution in [3.8, 4) is 16.9 Å². The summed E-state index contributed by atoms with van der Waals surface area (Å²) in [6.07, 6.45) is 0.813. The Hall–Kier alpha value is -2.10. The standard InChI is InChI=1S/C25H32NO2.ClH/c1-6-26(7-2,8-3)15-16-28-25-22(24(27)18(4)5)14-13-21-20-12-10-9-11-19(20)17-23(21)25;/h9-14H,4,6-8,15-17H2,1-3,5H3;1H/q+1;/p-1. The predicted octanol–water partition coefficient (Wildman–Crippen LogP) is 2.28. The van der Waals surface area contributed by atoms with Crippen molar-refractivity contribution in [2.45, 2.75) is 34.1 Å². The lowest BCUT2D eigenvalue weighted by Crippen LogP contribution is -3.00. The molecule has 0 spiro atoms. The fraction of sp³-hybridized carbons (Fsp3) is 0.400. The molecule has 2 aromatic carbocycles. The Morgan fingerprint density at radius 1 is 1.03 bits per heavy atom. The van der Waals surface area contributed by atoms with Gasteiger partial charge in [-0.3, -0.25) is 4.79 Å². The lowest BCUT2D eigenvalue weighted by Gasteiger charge is -2.35. The van der Waals surface area contributed by atoms with Crippen LogP contribution in [0.15, 0.2) is 48.6 Å². The van der Waals surface area contributed by atoms with Crippen LogP contribution in [-0.2, 0) is 6.42 Å². The Labute approximate surface area is 181 Å². The van der Waals surface area contributed by atoms with E-state index in [0.29, 0.717) is 17.7 Å². The molecular formula is C25H32ClNO2. The zero-order valence-corrected chi connectivity index (χ0v) is 18.8. The number of carbonyl (C=O) groups excluding carboxylic acids is 1. The van der Waals surface area contributed by atoms with Crippen molar-refractivity contribution in [3.05, 3.63) is 65.2 Å². The number of quaternary nitrogens is 1. The summed E-state index contributed by atoms with van der Waals surface area (Å²) in [6, 6.07) is 12.4. The van der Waals surface area contributed by atoms with E-state index in [0.717, 1.165) is 48.4 Å². The van der Waals surface area contributed by atoms with E-state index in [1.165, 1.54) is 16.7 Å². The molecule has 0 amide bonds. The Morgan fingerprint density at radius 3 is 2.31 bits per heavy atom. The van der Waals surface area contributed by atoms with Gasteiger partial charge < -0.3 is 21.6 Å². The second-order valence-electron chi connectivity index (χ2n) is 7.77. The largest absolute Gasteiger partial charge is 1.00 e. The SMILES string of the molecule is C=C(C)C(=O)c1ccc2c(c1OCC[N+](CC)(CC)CC)Cc1ccccc1-2.[Cl-]. The predicted molar refractivity (Wildman–Crippen MR) is 116 cm³/mol. The maximum absolute atomic E-state index is 12.8. The highest BCUT2D eigenvalue weighted by Crippen LogP contribution is 2.43. The Bertz CT molecular complexity index is 891. The summed E-state index contributed by atoms with van der Waals surface area (Å²) in [6.45, 7) is 17.2. The van der Waals surface area contributed by atoms with Crippen LogP contribution in [0.4, 0.5) is 0 Å². The zero-order chi connectivity index (χ0) is 20.3. The number of carbonyl (C=O) groups is 1. The van der Waals surface area contributed by atoms with Crippen LogP contribution in [0, 0.1) is 0 Å². The van der Waals surface area contributed by atoms with Crippen molar-refractivity contribution in [3.63, 3.8) is 0 Å². The van der Waals surface area contributed by atoms with Crippen LogP contribution in [0.25, 0.3) is 11.1 Å². The van der Waals surface area contributed by atoms with E-state index >= 15 is 0 Å². The topological polar surface area (TPSA) is 26.3 Å². The number of halogens is 1. The maximum atomic E-state index is 12.8. The van der Waals surface area contributed by atoms with E-state index in [1.807, 2.05) is 6.07 Å². The van der Waals surface area contributed by atoms with E-state index in [1.54, 1.807) is 6.92 Å². The van der Waals surface area contributed by atoms with Gasteiger partial charge in [0.25, 0.3) is 0 Å². The van der Waals surface area contributed by atoms with Crippen LogP contribution < -0.4 is 17.1 Å². The molecule has 156 valence electrons. The molecule has 4 heteroatoms. The highest BCUT2D eigenvalue weighted by Gasteiger charge is 2.27. The highest BCUT2D eigenvalue weighted by molar-refractivity contribution is 6.10. The lowest BCUT2D eigenvalue weighted by atomic mass is 9.97. The van der Waals surface area contributed by atoms with Crippen molar-refractivity contribution < 1.29 is 26.4 Å². The summed E-state index contributed by atoms with van der Waals surface area (Å²) >= 11 is 0. The van der Waals surface area contributed by atoms with E-state index in [2.05, 4.69) is 57.7 Å². The number of likely N-dealkylation sites (N-methyl/N-ethyl adjacent to an activating group) is 1. The first kappa shape index (κ1) is 23.2. The summed E-state index contributed by atoms with van der Waals surface area (Å²) < 4.78 is 7.39. The lowest BCUT2D eigenvalue weighted by molar-refractivity contribution is -0.923. The number of hydrogen-bond acceptors (Lipinski definition) is 2. The van der Waals surface area contributed by atoms with Crippen LogP contribution in [0.5, 0.6) is 5.75 Å². The minimum atomic E-state index is -0.0315. The number of nitrogens with zero attached hydrogens (tertiary/aromatic N) is 1. The molecule has 0 saturated heterocycles. The van der Waals surface area contributed by atoms with Crippen molar-refractivity contribution in [2.24, 2.45) is 0 Å². The van der Waals surface area contributed by atoms with Gasteiger partial charge in [0.15, 0.2) is 5.78 Å². The van der Waals surface area contributed by atoms with Gasteiger partial charge in [0.1, 0.15) is 18.9 Å². The number of benzene rings is 2. The summed E-state index contributed by atoms with van der Waals surface area (Å²) in [7, 11) is 0. The van der Waals surface area contributed by atoms with Crippen LogP contribution in [0.3, 0.4) is 0 Å². The van der Waals surface area contributed by atoms with Crippen LogP contribution in [0.1, 0.15) is 49.2 Å². The maximum Gasteiger partial charge on any atom is 0.191 e. The number of fused-ring (bicyclic) bond motifs is 3. The summed E-state index contributed by atoms with van der Waals surface area (Å²) in [5, 5.41) is 0. The molecule has 0 N–H and O–H groups in total. The smallest absolute Gasteiger partial charge is 0.191 e. The Kier molecular flexibility index (Phi) is 7.67. The van der Waals surface area contributed by atoms with Gasteiger partial charge in [-0.05, 0) is 56.0 Å². The summed E-state index contributed by atoms with van der Waals surface area (Å²) in [5.41, 5.74) is 6.05. The summed E-state index contributed by atoms with van der Waals surface area (Å²) in [4.78, 5) is 12.8. The minimum absolute atomic E-state index is 0. The number of ether oxygens (including phenoxy) is 1. The molecule has 0 atom stereocenters. The fourth-order valence-electron chi connectivity index (χ4n) is 4.24. The number of Topliss-reactive ketones (excluding diaryl/α,β-unsaturated/α-hetero) is 1. The first-order chi connectivity index (χ1) is 13.5. The van der Waals surface area contributed by atoms with Crippen molar-refractivity contribution >= 4 is 5.78 Å². The first-order valence-electron chi connectivity index (χ1n) is 10.4. The molecule has 3 nitrogen and oxygen atoms in total. The molecule has 0 aromatic heterocycles. The highest BCUT2D eigenvalue weighted by atomic mass is 35.5. The molecule has 29 heavy (non-hydrogen) atoms. The molecular weight excluding hydrogens is 382 g/mol. The van der Waals surface area contributed by atoms with Crippen molar-refractivity contribution in [2.75, 3.05) is 32.8 Å². The van der Waals surface area contributed by atoms with Gasteiger partial charge >= 0.3 is 0 Å². The second-order valence-corrected chi connectivity index (χ2v) is 7.77. The molecule has 1 aliphatic rings. The Morgan fingerprint density at radius 2 is 1.69 bits per heavy atom. The molecule has 0 fully saturated rings. The molecule has 0 radical (unpaired) electrons. The van der Waals surface area contributed by atoms with Gasteiger partial charge in [0, 0.05) is 12.0 Å². The molecule has 0 heterocycles. The van der Waals surface area contributed by atoms with E-state index in [4.69, 9.17) is 4.74 Å². The number of ketones is 1. The number of rotatable bonds is 9. The third kappa shape index (κ3) is 4.41. The fourth-order valence-corrected chi connectivity index (χ4v) is 4.24. The van der Waals surface area contributed by atoms with E-state index < -0.39 is 0 Å². The number of allylic oxidation sites excluding steroid dienone is 1. The summed E-state index contributed by atoms with van der Waals surface area (Å²) in [5.74, 6) is 0.721. The molecule has 2 aromatic rings. The monoisotopic (exact) mass is 413 g/mol. The van der Waals surface area contributed by atoms with Crippen molar-refractivity contribution in [1.29, 1.82) is 0 Å². The van der Waals surface area contributed by atoms with Gasteiger partial charge in [-0.25, -0.2) is 0 Å². The first-order valence-corrected chi connectivity index (χ1v) is 10.4. The molecule has 0 saturated carbocycles. The molecule has 0 unspecified atom stereocenters. The van der Waals surface area contributed by atoms with Crippen LogP contribution in [0.2, 0.25) is 0 Å². The van der Waals surface area contributed by atoms with Crippen LogP contribution >= 0.6 is 0 Å². The van der Waals surface area contributed by atoms with Crippen LogP contribution in [-0.4, -0.2) is 43.1 Å². The number of hydrogen-bond donors (Lipinski definition) is 0. The van der Waals surface area contributed by atoms with Crippen molar-refractivity contribution in [1.82, 2.24) is 0 Å². The zero-order valence-electron chi connectivity index (χ0n) is 18.1. The van der Waals surface area contributed by atoms with Gasteiger partial charge in [-0.15, -0.1) is 0 Å². The molecule has 0 aliphatic heterocycles. The van der Waals surface area contributed by atoms with E-state index in [9.17, 15) is 4.79 Å². The molecule has 3 rings (SSSR count). The average Bonchev–Trinajstić information content (AvgIpc) is 3.10. The molecule has 0 bridgehead atoms. The Balaban J connectivity index is 0.00000300.